The maximum atomic E-state index is 12.9. The fraction of sp³-hybridized carbons (Fsp3) is 0.360. The smallest absolute Gasteiger partial charge is 0.339 e. The maximum absolute atomic E-state index is 12.9. The normalized spacial score (nSPS) is 19.1. The Bertz CT molecular complexity index is 1130. The predicted octanol–water partition coefficient (Wildman–Crippen LogP) is 5.81. The van der Waals surface area contributed by atoms with E-state index in [1.165, 1.54) is 17.7 Å². The van der Waals surface area contributed by atoms with Crippen molar-refractivity contribution in [2.45, 2.75) is 58.3 Å². The Labute approximate surface area is 184 Å². The molecule has 5 nitrogen and oxygen atoms in total. The molecule has 0 saturated heterocycles. The summed E-state index contributed by atoms with van der Waals surface area (Å²) in [4.78, 5) is 0.0920. The zero-order chi connectivity index (χ0) is 23.1. The van der Waals surface area contributed by atoms with Crippen molar-refractivity contribution in [3.8, 4) is 17.2 Å². The van der Waals surface area contributed by atoms with Crippen molar-refractivity contribution in [1.82, 2.24) is 0 Å². The molecule has 6 heteroatoms. The predicted molar refractivity (Wildman–Crippen MR) is 122 cm³/mol. The van der Waals surface area contributed by atoms with Crippen LogP contribution < -0.4 is 4.18 Å². The third-order valence-corrected chi connectivity index (χ3v) is 7.44. The Hall–Kier alpha value is -2.73. The number of aromatic hydroxyl groups is 2. The van der Waals surface area contributed by atoms with E-state index in [1.54, 1.807) is 26.0 Å². The number of aryl methyl sites for hydroxylation is 3. The molecule has 2 aromatic rings. The molecule has 3 rings (SSSR count). The van der Waals surface area contributed by atoms with Crippen molar-refractivity contribution in [1.29, 1.82) is 0 Å². The monoisotopic (exact) mass is 442 g/mol. The van der Waals surface area contributed by atoms with Crippen LogP contribution >= 0.6 is 0 Å². The van der Waals surface area contributed by atoms with Crippen molar-refractivity contribution < 1.29 is 22.8 Å². The lowest BCUT2D eigenvalue weighted by molar-refractivity contribution is 0.402. The fourth-order valence-electron chi connectivity index (χ4n) is 4.62. The molecular formula is C25H30O5S. The van der Waals surface area contributed by atoms with Crippen LogP contribution in [-0.2, 0) is 10.1 Å². The van der Waals surface area contributed by atoms with E-state index >= 15 is 0 Å². The summed E-state index contributed by atoms with van der Waals surface area (Å²) in [6.45, 7) is 13.3. The maximum Gasteiger partial charge on any atom is 0.339 e. The molecule has 2 N–H and O–H groups in total. The number of phenols is 2. The van der Waals surface area contributed by atoms with E-state index in [2.05, 4.69) is 6.58 Å². The molecule has 2 unspecified atom stereocenters. The zero-order valence-electron chi connectivity index (χ0n) is 18.7. The van der Waals surface area contributed by atoms with Gasteiger partial charge >= 0.3 is 10.1 Å². The number of rotatable bonds is 5. The second-order valence-corrected chi connectivity index (χ2v) is 10.2. The largest absolute Gasteiger partial charge is 0.507 e. The third-order valence-electron chi connectivity index (χ3n) is 5.88. The number of phenolic OH excluding ortho intramolecular Hbond substituents is 2. The summed E-state index contributed by atoms with van der Waals surface area (Å²) in [5.74, 6) is -0.705. The van der Waals surface area contributed by atoms with Crippen LogP contribution in [0.1, 0.15) is 54.9 Å². The van der Waals surface area contributed by atoms with E-state index in [0.717, 1.165) is 24.0 Å². The molecule has 2 atom stereocenters. The van der Waals surface area contributed by atoms with Crippen molar-refractivity contribution in [3.63, 3.8) is 0 Å². The minimum Gasteiger partial charge on any atom is -0.507 e. The first-order valence-corrected chi connectivity index (χ1v) is 11.7. The van der Waals surface area contributed by atoms with Crippen LogP contribution in [0.5, 0.6) is 17.2 Å². The van der Waals surface area contributed by atoms with Crippen LogP contribution in [0.3, 0.4) is 0 Å². The molecule has 31 heavy (non-hydrogen) atoms. The summed E-state index contributed by atoms with van der Waals surface area (Å²) >= 11 is 0. The highest BCUT2D eigenvalue weighted by molar-refractivity contribution is 7.87. The van der Waals surface area contributed by atoms with Gasteiger partial charge in [-0.3, -0.25) is 0 Å². The molecular weight excluding hydrogens is 412 g/mol. The van der Waals surface area contributed by atoms with Crippen LogP contribution in [0.25, 0.3) is 0 Å². The molecule has 0 fully saturated rings. The number of hydrogen-bond donors (Lipinski definition) is 2. The van der Waals surface area contributed by atoms with Crippen molar-refractivity contribution in [3.05, 3.63) is 70.3 Å². The molecule has 0 spiro atoms. The first kappa shape index (κ1) is 22.9. The standard InChI is InChI=1S/C25H30O5S/c1-14(2)20-8-7-15(3)11-21(20)24-22(26)12-19(13-23(24)27)30-31(28,29)25-17(5)9-16(4)10-18(25)6/h9-13,20-21,26-27H,1,7-8H2,2-6H3. The van der Waals surface area contributed by atoms with Crippen molar-refractivity contribution in [2.75, 3.05) is 0 Å². The molecule has 0 aromatic heterocycles. The van der Waals surface area contributed by atoms with E-state index in [-0.39, 0.29) is 34.0 Å². The molecule has 0 saturated carbocycles. The van der Waals surface area contributed by atoms with Gasteiger partial charge in [0.25, 0.3) is 0 Å². The van der Waals surface area contributed by atoms with Crippen LogP contribution in [-0.4, -0.2) is 18.6 Å². The van der Waals surface area contributed by atoms with Gasteiger partial charge in [0.05, 0.1) is 0 Å². The summed E-state index contributed by atoms with van der Waals surface area (Å²) in [7, 11) is -4.14. The molecule has 0 radical (unpaired) electrons. The lowest BCUT2D eigenvalue weighted by Gasteiger charge is -2.31. The second kappa shape index (κ2) is 8.42. The second-order valence-electron chi connectivity index (χ2n) is 8.67. The van der Waals surface area contributed by atoms with E-state index in [0.29, 0.717) is 16.7 Å². The quantitative estimate of drug-likeness (QED) is 0.451. The van der Waals surface area contributed by atoms with Crippen LogP contribution in [0.2, 0.25) is 0 Å². The molecule has 2 aromatic carbocycles. The minimum atomic E-state index is -4.14. The third kappa shape index (κ3) is 4.64. The summed E-state index contributed by atoms with van der Waals surface area (Å²) in [5, 5.41) is 21.5. The molecule has 0 amide bonds. The van der Waals surface area contributed by atoms with Gasteiger partial charge in [-0.1, -0.05) is 41.5 Å². The van der Waals surface area contributed by atoms with Crippen molar-refractivity contribution >= 4 is 10.1 Å². The van der Waals surface area contributed by atoms with Gasteiger partial charge in [0.2, 0.25) is 0 Å². The number of hydrogen-bond acceptors (Lipinski definition) is 5. The Balaban J connectivity index is 2.01. The SMILES string of the molecule is C=C(C)C1CCC(C)=CC1c1c(O)cc(OS(=O)(=O)c2c(C)cc(C)cc2C)cc1O. The Morgan fingerprint density at radius 1 is 1.03 bits per heavy atom. The van der Waals surface area contributed by atoms with Crippen LogP contribution in [0.15, 0.2) is 53.0 Å². The molecule has 0 heterocycles. The van der Waals surface area contributed by atoms with Crippen LogP contribution in [0.4, 0.5) is 0 Å². The van der Waals surface area contributed by atoms with E-state index in [9.17, 15) is 18.6 Å². The molecule has 166 valence electrons. The van der Waals surface area contributed by atoms with E-state index < -0.39 is 10.1 Å². The lowest BCUT2D eigenvalue weighted by atomic mass is 9.74. The molecule has 0 bridgehead atoms. The highest BCUT2D eigenvalue weighted by atomic mass is 32.2. The Morgan fingerprint density at radius 3 is 2.10 bits per heavy atom. The Morgan fingerprint density at radius 2 is 1.58 bits per heavy atom. The van der Waals surface area contributed by atoms with Gasteiger partial charge in [0, 0.05) is 23.6 Å². The fourth-order valence-corrected chi connectivity index (χ4v) is 5.96. The first-order chi connectivity index (χ1) is 14.4. The molecule has 1 aliphatic rings. The van der Waals surface area contributed by atoms with Gasteiger partial charge in [-0.25, -0.2) is 0 Å². The Kier molecular flexibility index (Phi) is 6.23. The minimum absolute atomic E-state index is 0.0776. The molecule has 0 aliphatic heterocycles. The number of benzene rings is 2. The van der Waals surface area contributed by atoms with Gasteiger partial charge < -0.3 is 14.4 Å². The average Bonchev–Trinajstić information content (AvgIpc) is 2.59. The van der Waals surface area contributed by atoms with Gasteiger partial charge in [0.15, 0.2) is 0 Å². The highest BCUT2D eigenvalue weighted by Crippen LogP contribution is 2.47. The van der Waals surface area contributed by atoms with Gasteiger partial charge in [0.1, 0.15) is 22.1 Å². The topological polar surface area (TPSA) is 83.8 Å². The summed E-state index contributed by atoms with van der Waals surface area (Å²) in [6, 6.07) is 6.05. The summed E-state index contributed by atoms with van der Waals surface area (Å²) < 4.78 is 31.2. The van der Waals surface area contributed by atoms with Gasteiger partial charge in [-0.15, -0.1) is 0 Å². The van der Waals surface area contributed by atoms with Gasteiger partial charge in [-0.05, 0) is 64.5 Å². The van der Waals surface area contributed by atoms with Gasteiger partial charge in [-0.2, -0.15) is 8.42 Å². The summed E-state index contributed by atoms with van der Waals surface area (Å²) in [5.41, 5.74) is 4.62. The summed E-state index contributed by atoms with van der Waals surface area (Å²) in [6.07, 6.45) is 3.85. The first-order valence-electron chi connectivity index (χ1n) is 10.3. The number of allylic oxidation sites excluding steroid dienone is 3. The zero-order valence-corrected chi connectivity index (χ0v) is 19.5. The van der Waals surface area contributed by atoms with E-state index in [1.807, 2.05) is 26.8 Å². The van der Waals surface area contributed by atoms with Crippen molar-refractivity contribution in [2.24, 2.45) is 5.92 Å². The van der Waals surface area contributed by atoms with Crippen LogP contribution in [0, 0.1) is 26.7 Å². The molecule has 1 aliphatic carbocycles. The lowest BCUT2D eigenvalue weighted by Crippen LogP contribution is -2.17. The highest BCUT2D eigenvalue weighted by Gasteiger charge is 2.31. The van der Waals surface area contributed by atoms with E-state index in [4.69, 9.17) is 4.18 Å². The average molecular weight is 443 g/mol.